The van der Waals surface area contributed by atoms with E-state index in [9.17, 15) is 34.8 Å². The van der Waals surface area contributed by atoms with Crippen molar-refractivity contribution in [2.75, 3.05) is 4.72 Å². The highest BCUT2D eigenvalue weighted by Gasteiger charge is 2.36. The molecule has 0 radical (unpaired) electrons. The molecular weight excluding hydrogens is 560 g/mol. The zero-order valence-corrected chi connectivity index (χ0v) is 21.6. The second kappa shape index (κ2) is 10.4. The number of halogens is 6. The number of ether oxygens (including phenoxy) is 1. The van der Waals surface area contributed by atoms with E-state index in [0.717, 1.165) is 59.9 Å². The summed E-state index contributed by atoms with van der Waals surface area (Å²) in [6.45, 7) is 1.99. The first-order valence-corrected chi connectivity index (χ1v) is 14.2. The van der Waals surface area contributed by atoms with Gasteiger partial charge in [-0.05, 0) is 67.6 Å². The summed E-state index contributed by atoms with van der Waals surface area (Å²) >= 11 is 1.79. The molecule has 1 saturated carbocycles. The molecule has 2 aromatic carbocycles. The summed E-state index contributed by atoms with van der Waals surface area (Å²) in [6, 6.07) is 10.2. The van der Waals surface area contributed by atoms with E-state index in [-0.39, 0.29) is 14.8 Å². The highest BCUT2D eigenvalue weighted by molar-refractivity contribution is 8.02. The number of alkyl halides is 6. The molecule has 1 heterocycles. The topological polar surface area (TPSA) is 55.4 Å². The van der Waals surface area contributed by atoms with E-state index in [0.29, 0.717) is 23.0 Å². The summed E-state index contributed by atoms with van der Waals surface area (Å²) < 4.78 is 113. The minimum atomic E-state index is -4.68. The van der Waals surface area contributed by atoms with Crippen LogP contribution >= 0.6 is 23.1 Å². The van der Waals surface area contributed by atoms with Gasteiger partial charge in [-0.2, -0.15) is 26.3 Å². The molecule has 1 fully saturated rings. The smallest absolute Gasteiger partial charge is 0.419 e. The third kappa shape index (κ3) is 6.94. The van der Waals surface area contributed by atoms with Gasteiger partial charge in [-0.3, -0.25) is 4.72 Å². The van der Waals surface area contributed by atoms with Crippen molar-refractivity contribution < 1.29 is 39.5 Å². The van der Waals surface area contributed by atoms with Crippen molar-refractivity contribution in [2.24, 2.45) is 5.92 Å². The lowest BCUT2D eigenvalue weighted by molar-refractivity contribution is -0.139. The van der Waals surface area contributed by atoms with Gasteiger partial charge in [-0.25, -0.2) is 8.42 Å². The number of hydrogen-bond donors (Lipinski definition) is 1. The van der Waals surface area contributed by atoms with E-state index in [1.807, 2.05) is 6.92 Å². The highest BCUT2D eigenvalue weighted by atomic mass is 32.3. The molecule has 4 nitrogen and oxygen atoms in total. The predicted molar refractivity (Wildman–Crippen MR) is 130 cm³/mol. The van der Waals surface area contributed by atoms with Crippen LogP contribution in [0.5, 0.6) is 5.75 Å². The van der Waals surface area contributed by atoms with Crippen molar-refractivity contribution in [3.8, 4) is 5.75 Å². The van der Waals surface area contributed by atoms with E-state index >= 15 is 0 Å². The van der Waals surface area contributed by atoms with Crippen LogP contribution in [0.15, 0.2) is 67.9 Å². The minimum absolute atomic E-state index is 0.102. The number of rotatable bonds is 7. The maximum Gasteiger partial charge on any atom is 0.419 e. The molecule has 0 aliphatic heterocycles. The van der Waals surface area contributed by atoms with Crippen molar-refractivity contribution in [3.63, 3.8) is 0 Å². The predicted octanol–water partition coefficient (Wildman–Crippen LogP) is 8.31. The fourth-order valence-corrected chi connectivity index (χ4v) is 7.59. The van der Waals surface area contributed by atoms with Crippen molar-refractivity contribution in [2.45, 2.75) is 58.0 Å². The molecule has 2 atom stereocenters. The SMILES string of the molecule is CC1CC[C@@H](Oc2cc(NS(=O)(=O)c3ccc(Sc4cccc(C(F)(F)F)c4)s3)ccc2C(F)(F)F)C1. The first kappa shape index (κ1) is 27.6. The van der Waals surface area contributed by atoms with Crippen LogP contribution in [0.2, 0.25) is 0 Å². The van der Waals surface area contributed by atoms with Gasteiger partial charge < -0.3 is 4.74 Å². The molecule has 13 heteroatoms. The van der Waals surface area contributed by atoms with Crippen LogP contribution in [0.25, 0.3) is 0 Å². The first-order chi connectivity index (χ1) is 17.2. The Kier molecular flexibility index (Phi) is 7.78. The monoisotopic (exact) mass is 581 g/mol. The Morgan fingerprint density at radius 3 is 2.38 bits per heavy atom. The zero-order chi connectivity index (χ0) is 27.0. The summed E-state index contributed by atoms with van der Waals surface area (Å²) in [5.41, 5.74) is -1.92. The number of anilines is 1. The van der Waals surface area contributed by atoms with Gasteiger partial charge in [0.1, 0.15) is 9.96 Å². The fourth-order valence-electron chi connectivity index (χ4n) is 3.92. The molecule has 0 amide bonds. The summed E-state index contributed by atoms with van der Waals surface area (Å²) in [6.07, 6.45) is -7.54. The largest absolute Gasteiger partial charge is 0.490 e. The number of hydrogen-bond acceptors (Lipinski definition) is 5. The average molecular weight is 582 g/mol. The zero-order valence-electron chi connectivity index (χ0n) is 19.2. The van der Waals surface area contributed by atoms with Gasteiger partial charge in [-0.15, -0.1) is 11.3 Å². The third-order valence-electron chi connectivity index (χ3n) is 5.68. The molecule has 1 unspecified atom stereocenters. The second-order valence-corrected chi connectivity index (χ2v) is 13.0. The highest BCUT2D eigenvalue weighted by Crippen LogP contribution is 2.41. The van der Waals surface area contributed by atoms with Crippen LogP contribution in [-0.4, -0.2) is 14.5 Å². The molecule has 200 valence electrons. The van der Waals surface area contributed by atoms with E-state index < -0.39 is 45.4 Å². The Morgan fingerprint density at radius 2 is 1.73 bits per heavy atom. The quantitative estimate of drug-likeness (QED) is 0.285. The van der Waals surface area contributed by atoms with E-state index in [2.05, 4.69) is 4.72 Å². The Labute approximate surface area is 218 Å². The Hall–Kier alpha value is -2.38. The molecule has 0 bridgehead atoms. The van der Waals surface area contributed by atoms with Gasteiger partial charge in [0.2, 0.25) is 0 Å². The standard InChI is InChI=1S/C24H21F6NO3S3/c1-14-5-7-17(11-14)34-20-13-16(6-8-19(20)24(28,29)30)31-37(32,33)22-10-9-21(36-22)35-18-4-2-3-15(12-18)23(25,26)27/h2-4,6,8-10,12-14,17,31H,5,7,11H2,1H3/t14?,17-/m1/s1. The van der Waals surface area contributed by atoms with Crippen LogP contribution in [-0.2, 0) is 22.4 Å². The third-order valence-corrected chi connectivity index (χ3v) is 9.76. The van der Waals surface area contributed by atoms with Gasteiger partial charge in [0.25, 0.3) is 10.0 Å². The van der Waals surface area contributed by atoms with Crippen LogP contribution < -0.4 is 9.46 Å². The van der Waals surface area contributed by atoms with Crippen molar-refractivity contribution in [1.82, 2.24) is 0 Å². The summed E-state index contributed by atoms with van der Waals surface area (Å²) in [4.78, 5) is 0.277. The lowest BCUT2D eigenvalue weighted by Gasteiger charge is -2.19. The lowest BCUT2D eigenvalue weighted by atomic mass is 10.1. The molecule has 37 heavy (non-hydrogen) atoms. The Balaban J connectivity index is 1.53. The lowest BCUT2D eigenvalue weighted by Crippen LogP contribution is -2.17. The van der Waals surface area contributed by atoms with Crippen molar-refractivity contribution in [1.29, 1.82) is 0 Å². The minimum Gasteiger partial charge on any atom is -0.490 e. The van der Waals surface area contributed by atoms with Gasteiger partial charge >= 0.3 is 12.4 Å². The van der Waals surface area contributed by atoms with Crippen molar-refractivity contribution >= 4 is 38.8 Å². The number of benzene rings is 2. The molecule has 1 aromatic heterocycles. The molecule has 4 rings (SSSR count). The summed E-state index contributed by atoms with van der Waals surface area (Å²) in [5, 5.41) is 0. The van der Waals surface area contributed by atoms with E-state index in [1.165, 1.54) is 24.3 Å². The summed E-state index contributed by atoms with van der Waals surface area (Å²) in [7, 11) is -4.18. The number of nitrogens with one attached hydrogen (secondary N) is 1. The molecule has 1 aliphatic carbocycles. The van der Waals surface area contributed by atoms with E-state index in [1.54, 1.807) is 0 Å². The van der Waals surface area contributed by atoms with Crippen LogP contribution in [0, 0.1) is 5.92 Å². The summed E-state index contributed by atoms with van der Waals surface area (Å²) in [5.74, 6) is -0.123. The molecule has 3 aromatic rings. The number of thiophene rings is 1. The van der Waals surface area contributed by atoms with Gasteiger partial charge in [0.05, 0.1) is 27.1 Å². The normalized spacial score (nSPS) is 18.7. The molecule has 1 N–H and O–H groups in total. The molecular formula is C24H21F6NO3S3. The first-order valence-electron chi connectivity index (χ1n) is 11.1. The Morgan fingerprint density at radius 1 is 0.973 bits per heavy atom. The van der Waals surface area contributed by atoms with Gasteiger partial charge in [-0.1, -0.05) is 24.8 Å². The van der Waals surface area contributed by atoms with Crippen molar-refractivity contribution in [3.05, 3.63) is 65.7 Å². The average Bonchev–Trinajstić information content (AvgIpc) is 3.42. The fraction of sp³-hybridized carbons (Fsp3) is 0.333. The maximum absolute atomic E-state index is 13.5. The molecule has 1 aliphatic rings. The van der Waals surface area contributed by atoms with Crippen LogP contribution in [0.4, 0.5) is 32.0 Å². The van der Waals surface area contributed by atoms with Gasteiger partial charge in [0, 0.05) is 11.0 Å². The molecule has 0 spiro atoms. The maximum atomic E-state index is 13.5. The van der Waals surface area contributed by atoms with Crippen LogP contribution in [0.1, 0.15) is 37.3 Å². The number of sulfonamides is 1. The molecule has 0 saturated heterocycles. The van der Waals surface area contributed by atoms with Crippen LogP contribution in [0.3, 0.4) is 0 Å². The Bertz CT molecular complexity index is 1370. The second-order valence-electron chi connectivity index (χ2n) is 8.67. The van der Waals surface area contributed by atoms with Gasteiger partial charge in [0.15, 0.2) is 0 Å². The van der Waals surface area contributed by atoms with E-state index in [4.69, 9.17) is 4.74 Å².